The molecule has 100 valence electrons. The summed E-state index contributed by atoms with van der Waals surface area (Å²) in [7, 11) is 1.61. The van der Waals surface area contributed by atoms with Crippen molar-refractivity contribution in [1.82, 2.24) is 0 Å². The van der Waals surface area contributed by atoms with E-state index >= 15 is 0 Å². The van der Waals surface area contributed by atoms with Crippen LogP contribution in [-0.4, -0.2) is 12.2 Å². The minimum Gasteiger partial charge on any atom is -0.504 e. The number of rotatable bonds is 6. The Morgan fingerprint density at radius 2 is 2.06 bits per heavy atom. The molecule has 0 atom stereocenters. The lowest BCUT2D eigenvalue weighted by Gasteiger charge is -2.19. The highest BCUT2D eigenvalue weighted by molar-refractivity contribution is 5.54. The Labute approximate surface area is 110 Å². The van der Waals surface area contributed by atoms with Crippen LogP contribution in [0, 0.1) is 5.92 Å². The highest BCUT2D eigenvalue weighted by Crippen LogP contribution is 2.37. The topological polar surface area (TPSA) is 29.5 Å². The normalized spacial score (nSPS) is 10.7. The van der Waals surface area contributed by atoms with E-state index in [-0.39, 0.29) is 5.75 Å². The Balaban J connectivity index is 3.44. The summed E-state index contributed by atoms with van der Waals surface area (Å²) in [4.78, 5) is 0. The molecule has 2 nitrogen and oxygen atoms in total. The molecule has 0 unspecified atom stereocenters. The van der Waals surface area contributed by atoms with Crippen molar-refractivity contribution in [3.05, 3.63) is 35.4 Å². The summed E-state index contributed by atoms with van der Waals surface area (Å²) >= 11 is 0. The van der Waals surface area contributed by atoms with Gasteiger partial charge in [0.25, 0.3) is 0 Å². The number of aromatic hydroxyl groups is 1. The molecule has 1 aromatic carbocycles. The van der Waals surface area contributed by atoms with Gasteiger partial charge in [0, 0.05) is 5.56 Å². The lowest BCUT2D eigenvalue weighted by molar-refractivity contribution is 0.366. The second kappa shape index (κ2) is 6.48. The molecule has 18 heavy (non-hydrogen) atoms. The van der Waals surface area contributed by atoms with E-state index in [1.807, 2.05) is 12.1 Å². The van der Waals surface area contributed by atoms with Crippen LogP contribution >= 0.6 is 0 Å². The average Bonchev–Trinajstić information content (AvgIpc) is 2.32. The van der Waals surface area contributed by atoms with Crippen LogP contribution in [-0.2, 0) is 19.3 Å². The first-order chi connectivity index (χ1) is 8.54. The maximum atomic E-state index is 10.1. The maximum Gasteiger partial charge on any atom is 0.163 e. The summed E-state index contributed by atoms with van der Waals surface area (Å²) in [5, 5.41) is 10.1. The lowest BCUT2D eigenvalue weighted by atomic mass is 9.90. The van der Waals surface area contributed by atoms with Crippen LogP contribution in [0.5, 0.6) is 11.5 Å². The molecule has 0 fully saturated rings. The second-order valence-electron chi connectivity index (χ2n) is 4.99. The van der Waals surface area contributed by atoms with E-state index < -0.39 is 0 Å². The largest absolute Gasteiger partial charge is 0.504 e. The monoisotopic (exact) mass is 248 g/mol. The zero-order valence-electron chi connectivity index (χ0n) is 11.9. The number of ether oxygens (including phenoxy) is 1. The summed E-state index contributed by atoms with van der Waals surface area (Å²) in [6.07, 6.45) is 4.55. The van der Waals surface area contributed by atoms with Crippen molar-refractivity contribution in [2.75, 3.05) is 7.11 Å². The van der Waals surface area contributed by atoms with E-state index in [0.29, 0.717) is 11.7 Å². The lowest BCUT2D eigenvalue weighted by Crippen LogP contribution is -2.06. The van der Waals surface area contributed by atoms with Gasteiger partial charge in [-0.1, -0.05) is 26.8 Å². The molecular weight excluding hydrogens is 224 g/mol. The van der Waals surface area contributed by atoms with Crippen LogP contribution in [0.25, 0.3) is 0 Å². The first-order valence-electron chi connectivity index (χ1n) is 6.56. The van der Waals surface area contributed by atoms with Gasteiger partial charge >= 0.3 is 0 Å². The number of hydrogen-bond donors (Lipinski definition) is 1. The molecule has 0 aliphatic rings. The van der Waals surface area contributed by atoms with Crippen molar-refractivity contribution < 1.29 is 9.84 Å². The molecule has 0 spiro atoms. The maximum absolute atomic E-state index is 10.1. The molecule has 0 amide bonds. The van der Waals surface area contributed by atoms with Crippen molar-refractivity contribution in [2.24, 2.45) is 5.92 Å². The predicted octanol–water partition coefficient (Wildman–Crippen LogP) is 3.89. The van der Waals surface area contributed by atoms with Crippen molar-refractivity contribution >= 4 is 0 Å². The third kappa shape index (κ3) is 3.06. The molecule has 0 heterocycles. The highest BCUT2D eigenvalue weighted by atomic mass is 16.5. The molecule has 1 aromatic rings. The Bertz CT molecular complexity index is 420. The van der Waals surface area contributed by atoms with Crippen LogP contribution in [0.2, 0.25) is 0 Å². The number of aryl methyl sites for hydroxylation is 1. The molecule has 1 rings (SSSR count). The molecular formula is C16H24O2. The van der Waals surface area contributed by atoms with Crippen LogP contribution in [0.4, 0.5) is 0 Å². The number of methoxy groups -OCH3 is 1. The van der Waals surface area contributed by atoms with Crippen molar-refractivity contribution in [2.45, 2.75) is 40.0 Å². The second-order valence-corrected chi connectivity index (χ2v) is 4.99. The quantitative estimate of drug-likeness (QED) is 0.774. The number of phenolic OH excluding ortho intramolecular Hbond substituents is 1. The van der Waals surface area contributed by atoms with Gasteiger partial charge in [-0.2, -0.15) is 0 Å². The summed E-state index contributed by atoms with van der Waals surface area (Å²) in [5.41, 5.74) is 3.57. The van der Waals surface area contributed by atoms with Crippen LogP contribution in [0.15, 0.2) is 18.7 Å². The van der Waals surface area contributed by atoms with Crippen LogP contribution in [0.1, 0.15) is 37.5 Å². The van der Waals surface area contributed by atoms with Gasteiger partial charge in [0.05, 0.1) is 7.11 Å². The Hall–Kier alpha value is -1.44. The predicted molar refractivity (Wildman–Crippen MR) is 76.5 cm³/mol. The number of allylic oxidation sites excluding steroid dienone is 1. The van der Waals surface area contributed by atoms with Gasteiger partial charge in [-0.3, -0.25) is 0 Å². The summed E-state index contributed by atoms with van der Waals surface area (Å²) in [6.45, 7) is 10.3. The van der Waals surface area contributed by atoms with Gasteiger partial charge < -0.3 is 9.84 Å². The highest BCUT2D eigenvalue weighted by Gasteiger charge is 2.17. The molecule has 0 bridgehead atoms. The molecule has 0 saturated carbocycles. The zero-order valence-corrected chi connectivity index (χ0v) is 11.9. The first kappa shape index (κ1) is 14.6. The Morgan fingerprint density at radius 3 is 2.50 bits per heavy atom. The smallest absolute Gasteiger partial charge is 0.163 e. The van der Waals surface area contributed by atoms with Gasteiger partial charge in [-0.05, 0) is 42.4 Å². The van der Waals surface area contributed by atoms with E-state index in [9.17, 15) is 5.11 Å². The van der Waals surface area contributed by atoms with Crippen LogP contribution < -0.4 is 4.74 Å². The van der Waals surface area contributed by atoms with Gasteiger partial charge in [-0.15, -0.1) is 6.58 Å². The van der Waals surface area contributed by atoms with Gasteiger partial charge in [0.1, 0.15) is 0 Å². The van der Waals surface area contributed by atoms with Gasteiger partial charge in [0.15, 0.2) is 11.5 Å². The van der Waals surface area contributed by atoms with E-state index in [2.05, 4.69) is 27.4 Å². The molecule has 0 saturated heterocycles. The first-order valence-corrected chi connectivity index (χ1v) is 6.56. The molecule has 1 N–H and O–H groups in total. The molecule has 0 aliphatic carbocycles. The number of benzene rings is 1. The minimum atomic E-state index is 0.248. The Morgan fingerprint density at radius 1 is 1.39 bits per heavy atom. The SMILES string of the molecule is C=CCc1c(CC)cc(O)c(OC)c1CC(C)C. The Kier molecular flexibility index (Phi) is 5.26. The molecule has 0 radical (unpaired) electrons. The van der Waals surface area contributed by atoms with E-state index in [1.54, 1.807) is 7.11 Å². The molecule has 0 aromatic heterocycles. The average molecular weight is 248 g/mol. The van der Waals surface area contributed by atoms with Crippen LogP contribution in [0.3, 0.4) is 0 Å². The van der Waals surface area contributed by atoms with Gasteiger partial charge in [-0.25, -0.2) is 0 Å². The fourth-order valence-electron chi connectivity index (χ4n) is 2.37. The van der Waals surface area contributed by atoms with E-state index in [1.165, 1.54) is 11.1 Å². The summed E-state index contributed by atoms with van der Waals surface area (Å²) in [6, 6.07) is 1.82. The van der Waals surface area contributed by atoms with Crippen molar-refractivity contribution in [1.29, 1.82) is 0 Å². The zero-order chi connectivity index (χ0) is 13.7. The third-order valence-corrected chi connectivity index (χ3v) is 3.12. The summed E-state index contributed by atoms with van der Waals surface area (Å²) < 4.78 is 5.38. The third-order valence-electron chi connectivity index (χ3n) is 3.12. The fourth-order valence-corrected chi connectivity index (χ4v) is 2.37. The minimum absolute atomic E-state index is 0.248. The van der Waals surface area contributed by atoms with Crippen molar-refractivity contribution in [3.63, 3.8) is 0 Å². The van der Waals surface area contributed by atoms with Crippen molar-refractivity contribution in [3.8, 4) is 11.5 Å². The number of hydrogen-bond acceptors (Lipinski definition) is 2. The van der Waals surface area contributed by atoms with Gasteiger partial charge in [0.2, 0.25) is 0 Å². The summed E-state index contributed by atoms with van der Waals surface area (Å²) in [5.74, 6) is 1.39. The molecule has 2 heteroatoms. The fraction of sp³-hybridized carbons (Fsp3) is 0.500. The number of phenols is 1. The standard InChI is InChI=1S/C16H24O2/c1-6-8-13-12(7-2)10-15(17)16(18-5)14(13)9-11(3)4/h6,10-11,17H,1,7-9H2,2-5H3. The molecule has 0 aliphatic heterocycles. The van der Waals surface area contributed by atoms with E-state index in [0.717, 1.165) is 24.8 Å². The van der Waals surface area contributed by atoms with E-state index in [4.69, 9.17) is 4.74 Å².